The molecule has 4 rings (SSSR count). The number of anilines is 2. The van der Waals surface area contributed by atoms with Gasteiger partial charge in [0.05, 0.1) is 5.56 Å². The van der Waals surface area contributed by atoms with Crippen LogP contribution < -0.4 is 10.2 Å². The molecule has 1 aliphatic heterocycles. The van der Waals surface area contributed by atoms with Crippen molar-refractivity contribution in [3.8, 4) is 11.5 Å². The normalized spacial score (nSPS) is 16.1. The van der Waals surface area contributed by atoms with E-state index in [1.807, 2.05) is 49.4 Å². The number of phenols is 2. The zero-order valence-corrected chi connectivity index (χ0v) is 14.2. The molecule has 0 radical (unpaired) electrons. The van der Waals surface area contributed by atoms with E-state index in [1.54, 1.807) is 23.1 Å². The molecule has 130 valence electrons. The quantitative estimate of drug-likeness (QED) is 0.609. The lowest BCUT2D eigenvalue weighted by molar-refractivity contribution is 0.0974. The molecule has 0 aliphatic carbocycles. The van der Waals surface area contributed by atoms with Gasteiger partial charge < -0.3 is 15.5 Å². The number of amides is 1. The molecule has 1 aliphatic rings. The molecule has 5 heteroatoms. The molecular weight excluding hydrogens is 328 g/mol. The second-order valence-electron chi connectivity index (χ2n) is 6.32. The number of para-hydroxylation sites is 2. The van der Waals surface area contributed by atoms with Crippen LogP contribution in [0.1, 0.15) is 27.7 Å². The van der Waals surface area contributed by atoms with E-state index < -0.39 is 6.17 Å². The first-order chi connectivity index (χ1) is 12.6. The Hall–Kier alpha value is -3.47. The molecule has 0 aromatic heterocycles. The highest BCUT2D eigenvalue weighted by Crippen LogP contribution is 2.41. The molecular formula is C21H18N2O3. The molecule has 0 spiro atoms. The Morgan fingerprint density at radius 1 is 0.962 bits per heavy atom. The van der Waals surface area contributed by atoms with Gasteiger partial charge in [-0.25, -0.2) is 0 Å². The van der Waals surface area contributed by atoms with Crippen LogP contribution in [-0.2, 0) is 0 Å². The van der Waals surface area contributed by atoms with Gasteiger partial charge >= 0.3 is 0 Å². The third-order valence-electron chi connectivity index (χ3n) is 4.55. The van der Waals surface area contributed by atoms with Crippen LogP contribution in [0.3, 0.4) is 0 Å². The Balaban J connectivity index is 1.92. The molecule has 3 N–H and O–H groups in total. The van der Waals surface area contributed by atoms with Gasteiger partial charge in [-0.05, 0) is 42.8 Å². The maximum absolute atomic E-state index is 13.3. The Kier molecular flexibility index (Phi) is 3.77. The number of phenolic OH excluding ortho intramolecular Hbond substituents is 2. The fourth-order valence-corrected chi connectivity index (χ4v) is 3.28. The van der Waals surface area contributed by atoms with Crippen LogP contribution in [-0.4, -0.2) is 16.1 Å². The summed E-state index contributed by atoms with van der Waals surface area (Å²) in [4.78, 5) is 14.9. The fourth-order valence-electron chi connectivity index (χ4n) is 3.28. The van der Waals surface area contributed by atoms with E-state index in [-0.39, 0.29) is 17.4 Å². The van der Waals surface area contributed by atoms with Gasteiger partial charge in [-0.2, -0.15) is 0 Å². The average Bonchev–Trinajstić information content (AvgIpc) is 2.64. The first-order valence-corrected chi connectivity index (χ1v) is 8.33. The number of fused-ring (bicyclic) bond motifs is 1. The summed E-state index contributed by atoms with van der Waals surface area (Å²) >= 11 is 0. The van der Waals surface area contributed by atoms with E-state index in [9.17, 15) is 15.0 Å². The third kappa shape index (κ3) is 2.54. The minimum absolute atomic E-state index is 0.169. The van der Waals surface area contributed by atoms with Crippen LogP contribution in [0, 0.1) is 6.92 Å². The highest BCUT2D eigenvalue weighted by Gasteiger charge is 2.35. The second-order valence-corrected chi connectivity index (χ2v) is 6.32. The van der Waals surface area contributed by atoms with Gasteiger partial charge in [0.1, 0.15) is 6.17 Å². The number of rotatable bonds is 2. The van der Waals surface area contributed by atoms with E-state index in [4.69, 9.17) is 0 Å². The smallest absolute Gasteiger partial charge is 0.262 e. The van der Waals surface area contributed by atoms with Gasteiger partial charge in [0.2, 0.25) is 0 Å². The largest absolute Gasteiger partial charge is 0.504 e. The van der Waals surface area contributed by atoms with Crippen LogP contribution in [0.25, 0.3) is 0 Å². The van der Waals surface area contributed by atoms with Gasteiger partial charge in [0, 0.05) is 16.9 Å². The molecule has 1 amide bonds. The summed E-state index contributed by atoms with van der Waals surface area (Å²) in [5, 5.41) is 23.6. The van der Waals surface area contributed by atoms with Crippen LogP contribution in [0.5, 0.6) is 11.5 Å². The topological polar surface area (TPSA) is 72.8 Å². The van der Waals surface area contributed by atoms with Crippen LogP contribution in [0.4, 0.5) is 11.4 Å². The minimum atomic E-state index is -0.647. The lowest BCUT2D eigenvalue weighted by Crippen LogP contribution is -2.43. The first-order valence-electron chi connectivity index (χ1n) is 8.33. The summed E-state index contributed by atoms with van der Waals surface area (Å²) in [6.07, 6.45) is -0.647. The Bertz CT molecular complexity index is 1000. The maximum Gasteiger partial charge on any atom is 0.262 e. The van der Waals surface area contributed by atoms with Crippen molar-refractivity contribution in [2.45, 2.75) is 13.1 Å². The lowest BCUT2D eigenvalue weighted by Gasteiger charge is -2.38. The van der Waals surface area contributed by atoms with Gasteiger partial charge in [0.15, 0.2) is 11.5 Å². The third-order valence-corrected chi connectivity index (χ3v) is 4.55. The predicted octanol–water partition coefficient (Wildman–Crippen LogP) is 4.18. The van der Waals surface area contributed by atoms with Gasteiger partial charge in [-0.15, -0.1) is 0 Å². The molecule has 5 nitrogen and oxygen atoms in total. The van der Waals surface area contributed by atoms with Crippen molar-refractivity contribution >= 4 is 17.3 Å². The summed E-state index contributed by atoms with van der Waals surface area (Å²) in [6.45, 7) is 1.96. The zero-order valence-electron chi connectivity index (χ0n) is 14.2. The second kappa shape index (κ2) is 6.11. The highest BCUT2D eigenvalue weighted by atomic mass is 16.3. The Morgan fingerprint density at radius 3 is 2.54 bits per heavy atom. The SMILES string of the molecule is Cc1cccc(N2C(=O)c3ccccc3N[C@H]2c2cccc(O)c2O)c1. The highest BCUT2D eigenvalue weighted by molar-refractivity contribution is 6.12. The maximum atomic E-state index is 13.3. The summed E-state index contributed by atoms with van der Waals surface area (Å²) in [6, 6.07) is 19.6. The van der Waals surface area contributed by atoms with Crippen LogP contribution >= 0.6 is 0 Å². The summed E-state index contributed by atoms with van der Waals surface area (Å²) < 4.78 is 0. The van der Waals surface area contributed by atoms with Crippen LogP contribution in [0.15, 0.2) is 66.7 Å². The van der Waals surface area contributed by atoms with Crippen molar-refractivity contribution in [2.75, 3.05) is 10.2 Å². The van der Waals surface area contributed by atoms with E-state index in [1.165, 1.54) is 6.07 Å². The molecule has 0 saturated carbocycles. The number of benzene rings is 3. The molecule has 1 heterocycles. The molecule has 0 bridgehead atoms. The van der Waals surface area contributed by atoms with Crippen molar-refractivity contribution < 1.29 is 15.0 Å². The number of hydrogen-bond donors (Lipinski definition) is 3. The molecule has 3 aromatic carbocycles. The molecule has 3 aromatic rings. The minimum Gasteiger partial charge on any atom is -0.504 e. The van der Waals surface area contributed by atoms with Gasteiger partial charge in [0.25, 0.3) is 5.91 Å². The number of hydrogen-bond acceptors (Lipinski definition) is 4. The van der Waals surface area contributed by atoms with E-state index >= 15 is 0 Å². The van der Waals surface area contributed by atoms with Crippen molar-refractivity contribution in [2.24, 2.45) is 0 Å². The van der Waals surface area contributed by atoms with Gasteiger partial charge in [-0.3, -0.25) is 9.69 Å². The standard InChI is InChI=1S/C21H18N2O3/c1-13-6-4-7-14(12-13)23-20(16-9-5-11-18(24)19(16)25)22-17-10-3-2-8-15(17)21(23)26/h2-12,20,22,24-25H,1H3/t20-/m1/s1. The van der Waals surface area contributed by atoms with Crippen molar-refractivity contribution in [1.82, 2.24) is 0 Å². The molecule has 0 fully saturated rings. The number of aromatic hydroxyl groups is 2. The molecule has 26 heavy (non-hydrogen) atoms. The first kappa shape index (κ1) is 16.0. The Morgan fingerprint density at radius 2 is 1.73 bits per heavy atom. The number of carbonyl (C=O) groups is 1. The zero-order chi connectivity index (χ0) is 18.3. The number of carbonyl (C=O) groups excluding carboxylic acids is 1. The monoisotopic (exact) mass is 346 g/mol. The van der Waals surface area contributed by atoms with Crippen molar-refractivity contribution in [1.29, 1.82) is 0 Å². The van der Waals surface area contributed by atoms with E-state index in [2.05, 4.69) is 5.32 Å². The number of nitrogens with one attached hydrogen (secondary N) is 1. The Labute approximate surface area is 151 Å². The summed E-state index contributed by atoms with van der Waals surface area (Å²) in [5.74, 6) is -0.632. The van der Waals surface area contributed by atoms with Crippen LogP contribution in [0.2, 0.25) is 0 Å². The predicted molar refractivity (Wildman–Crippen MR) is 101 cm³/mol. The van der Waals surface area contributed by atoms with Crippen molar-refractivity contribution in [3.63, 3.8) is 0 Å². The van der Waals surface area contributed by atoms with Gasteiger partial charge in [-0.1, -0.05) is 36.4 Å². The number of aryl methyl sites for hydroxylation is 1. The number of nitrogens with zero attached hydrogens (tertiary/aromatic N) is 1. The lowest BCUT2D eigenvalue weighted by atomic mass is 10.0. The molecule has 0 unspecified atom stereocenters. The molecule has 1 atom stereocenters. The molecule has 0 saturated heterocycles. The summed E-state index contributed by atoms with van der Waals surface area (Å²) in [7, 11) is 0. The fraction of sp³-hybridized carbons (Fsp3) is 0.0952. The van der Waals surface area contributed by atoms with Crippen molar-refractivity contribution in [3.05, 3.63) is 83.4 Å². The van der Waals surface area contributed by atoms with E-state index in [0.717, 1.165) is 5.56 Å². The average molecular weight is 346 g/mol. The summed E-state index contributed by atoms with van der Waals surface area (Å²) in [5.41, 5.74) is 3.41. The van der Waals surface area contributed by atoms with E-state index in [0.29, 0.717) is 22.5 Å².